The number of amides is 1. The number of benzene rings is 2. The molecule has 27 heavy (non-hydrogen) atoms. The molecular weight excluding hydrogens is 356 g/mol. The highest BCUT2D eigenvalue weighted by Crippen LogP contribution is 2.31. The average Bonchev–Trinajstić information content (AvgIpc) is 3.21. The van der Waals surface area contributed by atoms with Crippen LogP contribution in [0.2, 0.25) is 0 Å². The van der Waals surface area contributed by atoms with Gasteiger partial charge in [0, 0.05) is 29.2 Å². The quantitative estimate of drug-likeness (QED) is 0.571. The summed E-state index contributed by atoms with van der Waals surface area (Å²) in [7, 11) is 1.89. The van der Waals surface area contributed by atoms with Gasteiger partial charge >= 0.3 is 0 Å². The van der Waals surface area contributed by atoms with E-state index in [9.17, 15) is 4.79 Å². The summed E-state index contributed by atoms with van der Waals surface area (Å²) < 4.78 is 1.81. The fraction of sp³-hybridized carbons (Fsp3) is 0.190. The monoisotopic (exact) mass is 376 g/mol. The third-order valence-electron chi connectivity index (χ3n) is 4.81. The van der Waals surface area contributed by atoms with Crippen molar-refractivity contribution in [1.29, 1.82) is 0 Å². The van der Waals surface area contributed by atoms with E-state index in [1.54, 1.807) is 4.68 Å². The van der Waals surface area contributed by atoms with Crippen molar-refractivity contribution in [2.45, 2.75) is 20.3 Å². The molecular formula is C21H20N4OS. The number of carbonyl (C=O) groups excluding carboxylic acids is 1. The number of nitrogens with zero attached hydrogens (tertiary/aromatic N) is 3. The molecule has 0 unspecified atom stereocenters. The van der Waals surface area contributed by atoms with E-state index in [1.807, 2.05) is 44.5 Å². The van der Waals surface area contributed by atoms with Gasteiger partial charge in [-0.1, -0.05) is 42.5 Å². The maximum absolute atomic E-state index is 12.5. The number of hydrogen-bond donors (Lipinski definition) is 1. The van der Waals surface area contributed by atoms with Crippen molar-refractivity contribution < 1.29 is 4.79 Å². The topological polar surface area (TPSA) is 59.8 Å². The molecule has 1 amide bonds. The number of anilines is 1. The van der Waals surface area contributed by atoms with Gasteiger partial charge in [0.05, 0.1) is 17.8 Å². The van der Waals surface area contributed by atoms with Crippen molar-refractivity contribution >= 4 is 33.1 Å². The molecule has 0 radical (unpaired) electrons. The van der Waals surface area contributed by atoms with Crippen LogP contribution in [0.4, 0.5) is 5.13 Å². The second kappa shape index (κ2) is 6.96. The van der Waals surface area contributed by atoms with E-state index in [0.29, 0.717) is 11.6 Å². The van der Waals surface area contributed by atoms with Crippen molar-refractivity contribution in [3.8, 4) is 11.3 Å². The Morgan fingerprint density at radius 2 is 1.93 bits per heavy atom. The first-order valence-electron chi connectivity index (χ1n) is 8.75. The summed E-state index contributed by atoms with van der Waals surface area (Å²) in [5, 5.41) is 12.2. The number of fused-ring (bicyclic) bond motifs is 1. The molecule has 0 aliphatic rings. The summed E-state index contributed by atoms with van der Waals surface area (Å²) >= 11 is 1.44. The highest BCUT2D eigenvalue weighted by atomic mass is 32.1. The van der Waals surface area contributed by atoms with Crippen molar-refractivity contribution in [3.05, 3.63) is 64.8 Å². The molecule has 0 saturated heterocycles. The van der Waals surface area contributed by atoms with Gasteiger partial charge in [0.1, 0.15) is 0 Å². The lowest BCUT2D eigenvalue weighted by Gasteiger charge is -2.04. The molecule has 0 aliphatic carbocycles. The average molecular weight is 376 g/mol. The van der Waals surface area contributed by atoms with Crippen LogP contribution < -0.4 is 5.32 Å². The molecule has 4 aromatic rings. The van der Waals surface area contributed by atoms with E-state index >= 15 is 0 Å². The Morgan fingerprint density at radius 3 is 2.70 bits per heavy atom. The fourth-order valence-electron chi connectivity index (χ4n) is 3.30. The standard InChI is InChI=1S/C21H20N4OS/c1-13-18(14(2)25(3)24-13)11-20(26)23-21-22-19(12-27-21)17-10-6-8-15-7-4-5-9-16(15)17/h4-10,12H,11H2,1-3H3,(H,22,23,26). The van der Waals surface area contributed by atoms with Crippen LogP contribution in [-0.4, -0.2) is 20.7 Å². The van der Waals surface area contributed by atoms with Gasteiger partial charge in [0.15, 0.2) is 5.13 Å². The Kier molecular flexibility index (Phi) is 4.49. The van der Waals surface area contributed by atoms with E-state index in [4.69, 9.17) is 0 Å². The maximum Gasteiger partial charge on any atom is 0.230 e. The van der Waals surface area contributed by atoms with E-state index in [2.05, 4.69) is 39.7 Å². The van der Waals surface area contributed by atoms with Gasteiger partial charge in [-0.3, -0.25) is 9.48 Å². The lowest BCUT2D eigenvalue weighted by molar-refractivity contribution is -0.115. The zero-order chi connectivity index (χ0) is 19.0. The fourth-order valence-corrected chi connectivity index (χ4v) is 4.03. The molecule has 2 heterocycles. The molecule has 0 saturated carbocycles. The van der Waals surface area contributed by atoms with Crippen LogP contribution >= 0.6 is 11.3 Å². The van der Waals surface area contributed by atoms with Crippen molar-refractivity contribution in [2.75, 3.05) is 5.32 Å². The molecule has 136 valence electrons. The van der Waals surface area contributed by atoms with Crippen LogP contribution in [0.3, 0.4) is 0 Å². The van der Waals surface area contributed by atoms with E-state index in [1.165, 1.54) is 16.7 Å². The molecule has 2 aromatic heterocycles. The normalized spacial score (nSPS) is 11.1. The predicted molar refractivity (Wildman–Crippen MR) is 110 cm³/mol. The Hall–Kier alpha value is -2.99. The summed E-state index contributed by atoms with van der Waals surface area (Å²) in [5.74, 6) is -0.0759. The predicted octanol–water partition coefficient (Wildman–Crippen LogP) is 4.49. The van der Waals surface area contributed by atoms with Gasteiger partial charge in [-0.2, -0.15) is 5.10 Å². The lowest BCUT2D eigenvalue weighted by Crippen LogP contribution is -2.15. The van der Waals surface area contributed by atoms with Crippen molar-refractivity contribution in [3.63, 3.8) is 0 Å². The zero-order valence-corrected chi connectivity index (χ0v) is 16.3. The van der Waals surface area contributed by atoms with E-state index in [0.717, 1.165) is 33.6 Å². The molecule has 0 atom stereocenters. The van der Waals surface area contributed by atoms with Gasteiger partial charge in [0.25, 0.3) is 0 Å². The minimum atomic E-state index is -0.0759. The lowest BCUT2D eigenvalue weighted by atomic mass is 10.0. The first kappa shape index (κ1) is 17.4. The minimum absolute atomic E-state index is 0.0759. The van der Waals surface area contributed by atoms with Crippen LogP contribution in [-0.2, 0) is 18.3 Å². The van der Waals surface area contributed by atoms with Crippen LogP contribution in [0.25, 0.3) is 22.0 Å². The van der Waals surface area contributed by atoms with Crippen LogP contribution in [0.1, 0.15) is 17.0 Å². The second-order valence-corrected chi connectivity index (χ2v) is 7.42. The molecule has 0 aliphatic heterocycles. The highest BCUT2D eigenvalue weighted by molar-refractivity contribution is 7.14. The summed E-state index contributed by atoms with van der Waals surface area (Å²) in [6.07, 6.45) is 0.300. The molecule has 0 spiro atoms. The molecule has 6 heteroatoms. The van der Waals surface area contributed by atoms with Gasteiger partial charge in [-0.15, -0.1) is 11.3 Å². The third kappa shape index (κ3) is 3.36. The SMILES string of the molecule is Cc1nn(C)c(C)c1CC(=O)Nc1nc(-c2cccc3ccccc23)cs1. The van der Waals surface area contributed by atoms with Gasteiger partial charge in [0.2, 0.25) is 5.91 Å². The Morgan fingerprint density at radius 1 is 1.15 bits per heavy atom. The van der Waals surface area contributed by atoms with Gasteiger partial charge in [-0.05, 0) is 24.6 Å². The first-order valence-corrected chi connectivity index (χ1v) is 9.63. The first-order chi connectivity index (χ1) is 13.0. The van der Waals surface area contributed by atoms with Crippen LogP contribution in [0, 0.1) is 13.8 Å². The number of hydrogen-bond acceptors (Lipinski definition) is 4. The summed E-state index contributed by atoms with van der Waals surface area (Å²) in [6, 6.07) is 14.4. The molecule has 1 N–H and O–H groups in total. The number of thiazole rings is 1. The number of nitrogens with one attached hydrogen (secondary N) is 1. The zero-order valence-electron chi connectivity index (χ0n) is 15.5. The van der Waals surface area contributed by atoms with Gasteiger partial charge in [-0.25, -0.2) is 4.98 Å². The molecule has 4 rings (SSSR count). The molecule has 2 aromatic carbocycles. The summed E-state index contributed by atoms with van der Waals surface area (Å²) in [4.78, 5) is 17.1. The van der Waals surface area contributed by atoms with Crippen LogP contribution in [0.5, 0.6) is 0 Å². The minimum Gasteiger partial charge on any atom is -0.302 e. The summed E-state index contributed by atoms with van der Waals surface area (Å²) in [6.45, 7) is 3.91. The Balaban J connectivity index is 1.55. The molecule has 0 fully saturated rings. The van der Waals surface area contributed by atoms with Crippen LogP contribution in [0.15, 0.2) is 47.8 Å². The highest BCUT2D eigenvalue weighted by Gasteiger charge is 2.15. The smallest absolute Gasteiger partial charge is 0.230 e. The third-order valence-corrected chi connectivity index (χ3v) is 5.57. The Labute approximate surface area is 161 Å². The number of rotatable bonds is 4. The Bertz CT molecular complexity index is 1140. The van der Waals surface area contributed by atoms with Gasteiger partial charge < -0.3 is 5.32 Å². The summed E-state index contributed by atoms with van der Waals surface area (Å²) in [5.41, 5.74) is 4.82. The number of aryl methyl sites for hydroxylation is 2. The second-order valence-electron chi connectivity index (χ2n) is 6.56. The maximum atomic E-state index is 12.5. The number of carbonyl (C=O) groups is 1. The van der Waals surface area contributed by atoms with E-state index < -0.39 is 0 Å². The number of aromatic nitrogens is 3. The van der Waals surface area contributed by atoms with E-state index in [-0.39, 0.29) is 5.91 Å². The molecule has 5 nitrogen and oxygen atoms in total. The largest absolute Gasteiger partial charge is 0.302 e. The van der Waals surface area contributed by atoms with Crippen molar-refractivity contribution in [2.24, 2.45) is 7.05 Å². The van der Waals surface area contributed by atoms with Crippen molar-refractivity contribution in [1.82, 2.24) is 14.8 Å². The molecule has 0 bridgehead atoms.